The first-order chi connectivity index (χ1) is 14.7. The molecule has 0 spiro atoms. The molecule has 1 aromatic heterocycles. The van der Waals surface area contributed by atoms with Crippen LogP contribution in [0.5, 0.6) is 0 Å². The lowest BCUT2D eigenvalue weighted by molar-refractivity contribution is 0.136. The summed E-state index contributed by atoms with van der Waals surface area (Å²) in [4.78, 5) is 8.72. The molecule has 3 aromatic rings. The zero-order valence-electron chi connectivity index (χ0n) is 17.0. The highest BCUT2D eigenvalue weighted by molar-refractivity contribution is 7.16. The number of aliphatic hydroxyl groups is 1. The number of hydrogen-bond donors (Lipinski definition) is 3. The Labute approximate surface area is 181 Å². The number of rotatable bonds is 3. The molecule has 2 aromatic carbocycles. The van der Waals surface area contributed by atoms with Gasteiger partial charge in [0.05, 0.1) is 23.0 Å². The summed E-state index contributed by atoms with van der Waals surface area (Å²) in [6, 6.07) is 20.6. The lowest BCUT2D eigenvalue weighted by Gasteiger charge is -2.36. The molecule has 5 nitrogen and oxygen atoms in total. The molecule has 1 fully saturated rings. The van der Waals surface area contributed by atoms with Crippen molar-refractivity contribution in [1.29, 1.82) is 0 Å². The minimum atomic E-state index is -0.471. The van der Waals surface area contributed by atoms with Gasteiger partial charge in [-0.2, -0.15) is 0 Å². The molecule has 3 heterocycles. The van der Waals surface area contributed by atoms with Crippen molar-refractivity contribution in [2.75, 3.05) is 25.0 Å². The van der Waals surface area contributed by atoms with E-state index in [2.05, 4.69) is 40.7 Å². The van der Waals surface area contributed by atoms with E-state index in [1.807, 2.05) is 42.5 Å². The fourth-order valence-electron chi connectivity index (χ4n) is 4.24. The Morgan fingerprint density at radius 1 is 1.17 bits per heavy atom. The number of piperazine rings is 1. The Morgan fingerprint density at radius 3 is 2.83 bits per heavy atom. The van der Waals surface area contributed by atoms with Gasteiger partial charge in [-0.1, -0.05) is 42.5 Å². The third-order valence-corrected chi connectivity index (χ3v) is 6.69. The fourth-order valence-corrected chi connectivity index (χ4v) is 5.16. The van der Waals surface area contributed by atoms with Crippen molar-refractivity contribution in [3.05, 3.63) is 76.7 Å². The van der Waals surface area contributed by atoms with Crippen LogP contribution in [0.2, 0.25) is 0 Å². The van der Waals surface area contributed by atoms with Gasteiger partial charge in [-0.25, -0.2) is 4.99 Å². The van der Waals surface area contributed by atoms with E-state index >= 15 is 0 Å². The first-order valence-electron chi connectivity index (χ1n) is 10.4. The maximum atomic E-state index is 10.7. The lowest BCUT2D eigenvalue weighted by Crippen LogP contribution is -2.53. The Hall–Kier alpha value is -2.67. The van der Waals surface area contributed by atoms with Crippen LogP contribution in [0, 0.1) is 6.92 Å². The standard InChI is InChI=1S/C24H26N4OS/c1-16-13-19-23(26-20-9-5-6-10-21(20)27-24(19)30-16)28-12-11-25-18(15-28)14-22(29)17-7-3-2-4-8-17/h2-10,13,18,22,25,27,29H,11-12,14-15H2,1H3/t18?,22-/m0/s1. The number of para-hydroxylation sites is 2. The number of nitrogens with zero attached hydrogens (tertiary/aromatic N) is 2. The van der Waals surface area contributed by atoms with Gasteiger partial charge in [-0.05, 0) is 37.1 Å². The van der Waals surface area contributed by atoms with Crippen molar-refractivity contribution in [1.82, 2.24) is 10.2 Å². The van der Waals surface area contributed by atoms with E-state index < -0.39 is 6.10 Å². The van der Waals surface area contributed by atoms with Crippen molar-refractivity contribution in [3.8, 4) is 0 Å². The molecule has 5 rings (SSSR count). The van der Waals surface area contributed by atoms with E-state index in [1.54, 1.807) is 11.3 Å². The number of hydrogen-bond acceptors (Lipinski definition) is 6. The van der Waals surface area contributed by atoms with Crippen LogP contribution in [0.3, 0.4) is 0 Å². The topological polar surface area (TPSA) is 59.9 Å². The van der Waals surface area contributed by atoms with Crippen LogP contribution in [0.15, 0.2) is 65.7 Å². The number of amidine groups is 1. The van der Waals surface area contributed by atoms with Gasteiger partial charge in [-0.15, -0.1) is 11.3 Å². The molecule has 6 heteroatoms. The summed E-state index contributed by atoms with van der Waals surface area (Å²) in [6.45, 7) is 4.73. The monoisotopic (exact) mass is 418 g/mol. The van der Waals surface area contributed by atoms with Gasteiger partial charge in [0.2, 0.25) is 0 Å². The number of benzene rings is 2. The third kappa shape index (κ3) is 3.86. The van der Waals surface area contributed by atoms with Crippen molar-refractivity contribution >= 4 is 33.5 Å². The molecule has 1 saturated heterocycles. The number of thiophene rings is 1. The van der Waals surface area contributed by atoms with Crippen LogP contribution in [0.1, 0.15) is 28.5 Å². The molecule has 154 valence electrons. The summed E-state index contributed by atoms with van der Waals surface area (Å²) in [6.07, 6.45) is 0.207. The summed E-state index contributed by atoms with van der Waals surface area (Å²) in [7, 11) is 0. The molecular formula is C24H26N4OS. The molecule has 0 saturated carbocycles. The Kier molecular flexibility index (Phi) is 5.29. The number of aliphatic hydroxyl groups excluding tert-OH is 1. The first-order valence-corrected chi connectivity index (χ1v) is 11.3. The molecule has 3 N–H and O–H groups in total. The smallest absolute Gasteiger partial charge is 0.139 e. The summed E-state index contributed by atoms with van der Waals surface area (Å²) in [5, 5.41) is 19.0. The summed E-state index contributed by atoms with van der Waals surface area (Å²) in [5.41, 5.74) is 4.14. The Morgan fingerprint density at radius 2 is 1.97 bits per heavy atom. The minimum Gasteiger partial charge on any atom is -0.388 e. The van der Waals surface area contributed by atoms with Gasteiger partial charge < -0.3 is 20.6 Å². The van der Waals surface area contributed by atoms with Crippen molar-refractivity contribution in [2.24, 2.45) is 4.99 Å². The van der Waals surface area contributed by atoms with E-state index in [0.717, 1.165) is 53.0 Å². The average molecular weight is 419 g/mol. The number of nitrogens with one attached hydrogen (secondary N) is 2. The highest BCUT2D eigenvalue weighted by Gasteiger charge is 2.28. The highest BCUT2D eigenvalue weighted by atomic mass is 32.1. The lowest BCUT2D eigenvalue weighted by atomic mass is 10.00. The van der Waals surface area contributed by atoms with Crippen molar-refractivity contribution in [2.45, 2.75) is 25.5 Å². The minimum absolute atomic E-state index is 0.200. The highest BCUT2D eigenvalue weighted by Crippen LogP contribution is 2.39. The van der Waals surface area contributed by atoms with E-state index in [1.165, 1.54) is 4.88 Å². The van der Waals surface area contributed by atoms with Crippen LogP contribution in [0.4, 0.5) is 16.4 Å². The van der Waals surface area contributed by atoms with Gasteiger partial charge in [0, 0.05) is 30.6 Å². The Bertz CT molecular complexity index is 1060. The largest absolute Gasteiger partial charge is 0.388 e. The first kappa shape index (κ1) is 19.3. The maximum absolute atomic E-state index is 10.7. The second-order valence-electron chi connectivity index (χ2n) is 7.94. The van der Waals surface area contributed by atoms with Crippen molar-refractivity contribution < 1.29 is 5.11 Å². The molecule has 0 aliphatic carbocycles. The van der Waals surface area contributed by atoms with Crippen LogP contribution in [0.25, 0.3) is 0 Å². The molecule has 0 amide bonds. The van der Waals surface area contributed by atoms with Gasteiger partial charge in [-0.3, -0.25) is 0 Å². The SMILES string of the molecule is Cc1cc2c(s1)Nc1ccccc1N=C2N1CCNC(C[C@H](O)c2ccccc2)C1. The molecule has 1 unspecified atom stereocenters. The predicted octanol–water partition coefficient (Wildman–Crippen LogP) is 4.59. The summed E-state index contributed by atoms with van der Waals surface area (Å²) >= 11 is 1.77. The Balaban J connectivity index is 1.42. The average Bonchev–Trinajstić information content (AvgIpc) is 3.06. The van der Waals surface area contributed by atoms with Crippen LogP contribution < -0.4 is 10.6 Å². The molecule has 30 heavy (non-hydrogen) atoms. The summed E-state index contributed by atoms with van der Waals surface area (Å²) < 4.78 is 0. The maximum Gasteiger partial charge on any atom is 0.139 e. The van der Waals surface area contributed by atoms with E-state index in [-0.39, 0.29) is 6.04 Å². The van der Waals surface area contributed by atoms with Gasteiger partial charge in [0.25, 0.3) is 0 Å². The molecule has 0 bridgehead atoms. The fraction of sp³-hybridized carbons (Fsp3) is 0.292. The van der Waals surface area contributed by atoms with E-state index in [0.29, 0.717) is 6.42 Å². The number of anilines is 2. The number of aryl methyl sites for hydroxylation is 1. The number of fused-ring (bicyclic) bond motifs is 2. The van der Waals surface area contributed by atoms with Gasteiger partial charge in [0.1, 0.15) is 10.8 Å². The van der Waals surface area contributed by atoms with Gasteiger partial charge in [0.15, 0.2) is 0 Å². The summed E-state index contributed by atoms with van der Waals surface area (Å²) in [5.74, 6) is 1.02. The predicted molar refractivity (Wildman–Crippen MR) is 124 cm³/mol. The van der Waals surface area contributed by atoms with Crippen LogP contribution >= 0.6 is 11.3 Å². The third-order valence-electron chi connectivity index (χ3n) is 5.72. The zero-order chi connectivity index (χ0) is 20.5. The normalized spacial score (nSPS) is 19.2. The molecule has 2 atom stereocenters. The number of aliphatic imine (C=N–C) groups is 1. The zero-order valence-corrected chi connectivity index (χ0v) is 17.8. The van der Waals surface area contributed by atoms with E-state index in [4.69, 9.17) is 4.99 Å². The van der Waals surface area contributed by atoms with Crippen LogP contribution in [-0.4, -0.2) is 41.5 Å². The quantitative estimate of drug-likeness (QED) is 0.582. The molecule has 2 aliphatic heterocycles. The van der Waals surface area contributed by atoms with Gasteiger partial charge >= 0.3 is 0 Å². The second-order valence-corrected chi connectivity index (χ2v) is 9.19. The molecule has 2 aliphatic rings. The molecule has 0 radical (unpaired) electrons. The molecular weight excluding hydrogens is 392 g/mol. The van der Waals surface area contributed by atoms with E-state index in [9.17, 15) is 5.11 Å². The second kappa shape index (κ2) is 8.22. The van der Waals surface area contributed by atoms with Crippen LogP contribution in [-0.2, 0) is 0 Å². The van der Waals surface area contributed by atoms with Crippen molar-refractivity contribution in [3.63, 3.8) is 0 Å².